The summed E-state index contributed by atoms with van der Waals surface area (Å²) in [7, 11) is 0. The number of halogens is 1. The van der Waals surface area contributed by atoms with Gasteiger partial charge in [-0.2, -0.15) is 0 Å². The third-order valence-corrected chi connectivity index (χ3v) is 3.68. The van der Waals surface area contributed by atoms with Crippen LogP contribution in [0.15, 0.2) is 47.3 Å². The van der Waals surface area contributed by atoms with Gasteiger partial charge in [0, 0.05) is 11.6 Å². The molecule has 104 valence electrons. The Morgan fingerprint density at radius 3 is 3.10 bits per heavy atom. The van der Waals surface area contributed by atoms with Gasteiger partial charge in [0.2, 0.25) is 0 Å². The van der Waals surface area contributed by atoms with Crippen LogP contribution in [0.5, 0.6) is 0 Å². The molecule has 0 amide bonds. The standard InChI is InChI=1S/C14H11BrN6/c15-12-7-17-13-14(18-12)21(20-19-13)8-9-3-4-11-10(6-9)2-1-5-16-11/h1-7,20H,8H2,(H,17,19). The zero-order valence-electron chi connectivity index (χ0n) is 10.9. The SMILES string of the molecule is Brc1cnc2c(n1)N(Cc1ccc3ncccc3c1)NN2. The molecule has 1 aromatic carbocycles. The molecule has 0 saturated heterocycles. The first kappa shape index (κ1) is 12.5. The molecule has 3 aromatic rings. The molecule has 2 aromatic heterocycles. The molecule has 2 N–H and O–H groups in total. The maximum Gasteiger partial charge on any atom is 0.190 e. The zero-order valence-corrected chi connectivity index (χ0v) is 12.5. The van der Waals surface area contributed by atoms with Gasteiger partial charge in [-0.25, -0.2) is 9.97 Å². The monoisotopic (exact) mass is 342 g/mol. The summed E-state index contributed by atoms with van der Waals surface area (Å²) >= 11 is 3.35. The maximum atomic E-state index is 4.44. The predicted molar refractivity (Wildman–Crippen MR) is 84.4 cm³/mol. The highest BCUT2D eigenvalue weighted by Crippen LogP contribution is 2.27. The van der Waals surface area contributed by atoms with Crippen molar-refractivity contribution in [2.75, 3.05) is 10.4 Å². The average Bonchev–Trinajstić information content (AvgIpc) is 2.89. The minimum Gasteiger partial charge on any atom is -0.285 e. The minimum atomic E-state index is 0.677. The van der Waals surface area contributed by atoms with Crippen LogP contribution in [-0.2, 0) is 6.54 Å². The maximum absolute atomic E-state index is 4.44. The molecule has 3 heterocycles. The second kappa shape index (κ2) is 4.94. The van der Waals surface area contributed by atoms with Crippen molar-refractivity contribution in [3.63, 3.8) is 0 Å². The van der Waals surface area contributed by atoms with E-state index in [2.05, 4.69) is 60.0 Å². The van der Waals surface area contributed by atoms with Crippen molar-refractivity contribution < 1.29 is 0 Å². The molecule has 7 heteroatoms. The van der Waals surface area contributed by atoms with Crippen LogP contribution in [0.3, 0.4) is 0 Å². The van der Waals surface area contributed by atoms with Gasteiger partial charge < -0.3 is 0 Å². The molecule has 0 spiro atoms. The van der Waals surface area contributed by atoms with Gasteiger partial charge in [-0.05, 0) is 39.7 Å². The first-order valence-electron chi connectivity index (χ1n) is 6.45. The van der Waals surface area contributed by atoms with Gasteiger partial charge in [0.05, 0.1) is 18.3 Å². The van der Waals surface area contributed by atoms with E-state index in [1.54, 1.807) is 12.4 Å². The average molecular weight is 343 g/mol. The number of pyridine rings is 1. The summed E-state index contributed by atoms with van der Waals surface area (Å²) < 4.78 is 0.708. The number of nitrogens with one attached hydrogen (secondary N) is 2. The Balaban J connectivity index is 1.66. The molecule has 6 nitrogen and oxygen atoms in total. The first-order valence-corrected chi connectivity index (χ1v) is 7.24. The Morgan fingerprint density at radius 1 is 1.19 bits per heavy atom. The van der Waals surface area contributed by atoms with E-state index < -0.39 is 0 Å². The van der Waals surface area contributed by atoms with Gasteiger partial charge in [-0.3, -0.25) is 15.4 Å². The number of nitrogens with zero attached hydrogens (tertiary/aromatic N) is 4. The summed E-state index contributed by atoms with van der Waals surface area (Å²) in [6.07, 6.45) is 3.47. The lowest BCUT2D eigenvalue weighted by Gasteiger charge is -2.16. The van der Waals surface area contributed by atoms with Gasteiger partial charge in [0.15, 0.2) is 11.6 Å². The van der Waals surface area contributed by atoms with E-state index in [-0.39, 0.29) is 0 Å². The Labute approximate surface area is 129 Å². The van der Waals surface area contributed by atoms with E-state index in [0.717, 1.165) is 22.5 Å². The molecular formula is C14H11BrN6. The summed E-state index contributed by atoms with van der Waals surface area (Å²) in [5.41, 5.74) is 8.23. The van der Waals surface area contributed by atoms with Crippen molar-refractivity contribution in [3.8, 4) is 0 Å². The lowest BCUT2D eigenvalue weighted by Crippen LogP contribution is -2.35. The number of rotatable bonds is 2. The summed E-state index contributed by atoms with van der Waals surface area (Å²) in [4.78, 5) is 13.0. The van der Waals surface area contributed by atoms with Crippen LogP contribution in [0, 0.1) is 0 Å². The Bertz CT molecular complexity index is 821. The Kier molecular flexibility index (Phi) is 2.94. The highest BCUT2D eigenvalue weighted by Gasteiger charge is 2.21. The number of fused-ring (bicyclic) bond motifs is 2. The second-order valence-electron chi connectivity index (χ2n) is 4.72. The lowest BCUT2D eigenvalue weighted by molar-refractivity contribution is 0.717. The molecule has 1 aliphatic rings. The number of benzene rings is 1. The molecule has 0 bridgehead atoms. The predicted octanol–water partition coefficient (Wildman–Crippen LogP) is 2.64. The number of hydrogen-bond donors (Lipinski definition) is 2. The van der Waals surface area contributed by atoms with Crippen LogP contribution in [0.4, 0.5) is 11.6 Å². The highest BCUT2D eigenvalue weighted by atomic mass is 79.9. The quantitative estimate of drug-likeness (QED) is 0.746. The minimum absolute atomic E-state index is 0.677. The van der Waals surface area contributed by atoms with Crippen molar-refractivity contribution in [3.05, 3.63) is 52.9 Å². The van der Waals surface area contributed by atoms with E-state index in [0.29, 0.717) is 11.1 Å². The number of aromatic nitrogens is 3. The molecule has 4 rings (SSSR count). The van der Waals surface area contributed by atoms with Crippen LogP contribution in [0.1, 0.15) is 5.56 Å². The van der Waals surface area contributed by atoms with E-state index in [4.69, 9.17) is 0 Å². The molecule has 0 saturated carbocycles. The summed E-state index contributed by atoms with van der Waals surface area (Å²) in [6.45, 7) is 0.677. The number of hydrazine groups is 2. The van der Waals surface area contributed by atoms with Crippen molar-refractivity contribution in [1.29, 1.82) is 0 Å². The van der Waals surface area contributed by atoms with E-state index in [1.165, 1.54) is 5.56 Å². The summed E-state index contributed by atoms with van der Waals surface area (Å²) in [6, 6.07) is 10.2. The van der Waals surface area contributed by atoms with E-state index in [9.17, 15) is 0 Å². The fraction of sp³-hybridized carbons (Fsp3) is 0.0714. The molecule has 21 heavy (non-hydrogen) atoms. The van der Waals surface area contributed by atoms with Gasteiger partial charge in [0.25, 0.3) is 0 Å². The molecular weight excluding hydrogens is 332 g/mol. The largest absolute Gasteiger partial charge is 0.285 e. The fourth-order valence-corrected chi connectivity index (χ4v) is 2.60. The second-order valence-corrected chi connectivity index (χ2v) is 5.53. The van der Waals surface area contributed by atoms with Crippen LogP contribution in [0.2, 0.25) is 0 Å². The molecule has 0 aliphatic carbocycles. The topological polar surface area (TPSA) is 66.0 Å². The highest BCUT2D eigenvalue weighted by molar-refractivity contribution is 9.10. The lowest BCUT2D eigenvalue weighted by atomic mass is 10.1. The molecule has 1 aliphatic heterocycles. The van der Waals surface area contributed by atoms with Gasteiger partial charge in [-0.1, -0.05) is 12.1 Å². The van der Waals surface area contributed by atoms with Crippen LogP contribution in [0.25, 0.3) is 10.9 Å². The fourth-order valence-electron chi connectivity index (χ4n) is 2.33. The molecule has 0 atom stereocenters. The van der Waals surface area contributed by atoms with E-state index >= 15 is 0 Å². The van der Waals surface area contributed by atoms with Crippen LogP contribution in [-0.4, -0.2) is 15.0 Å². The van der Waals surface area contributed by atoms with Crippen LogP contribution >= 0.6 is 15.9 Å². The summed E-state index contributed by atoms with van der Waals surface area (Å²) in [5.74, 6) is 1.50. The molecule has 0 fully saturated rings. The van der Waals surface area contributed by atoms with Crippen molar-refractivity contribution in [1.82, 2.24) is 20.5 Å². The van der Waals surface area contributed by atoms with Gasteiger partial charge >= 0.3 is 0 Å². The van der Waals surface area contributed by atoms with Crippen molar-refractivity contribution in [2.24, 2.45) is 0 Å². The third-order valence-electron chi connectivity index (χ3n) is 3.30. The van der Waals surface area contributed by atoms with Crippen LogP contribution < -0.4 is 16.0 Å². The van der Waals surface area contributed by atoms with Gasteiger partial charge in [-0.15, -0.1) is 5.53 Å². The van der Waals surface area contributed by atoms with E-state index in [1.807, 2.05) is 17.1 Å². The molecule has 0 unspecified atom stereocenters. The number of anilines is 2. The zero-order chi connectivity index (χ0) is 14.2. The van der Waals surface area contributed by atoms with Crippen molar-refractivity contribution in [2.45, 2.75) is 6.54 Å². The normalized spacial score (nSPS) is 13.3. The number of hydrogen-bond acceptors (Lipinski definition) is 6. The molecule has 0 radical (unpaired) electrons. The Hall–Kier alpha value is -2.25. The Morgan fingerprint density at radius 2 is 2.14 bits per heavy atom. The third kappa shape index (κ3) is 2.30. The smallest absolute Gasteiger partial charge is 0.190 e. The van der Waals surface area contributed by atoms with Crippen molar-refractivity contribution >= 4 is 38.5 Å². The summed E-state index contributed by atoms with van der Waals surface area (Å²) in [5, 5.41) is 3.05. The first-order chi connectivity index (χ1) is 10.3. The van der Waals surface area contributed by atoms with Gasteiger partial charge in [0.1, 0.15) is 4.60 Å².